The van der Waals surface area contributed by atoms with E-state index in [2.05, 4.69) is 9.83 Å². The molecule has 1 atom stereocenters. The number of benzene rings is 2. The molecule has 1 saturated heterocycles. The molecule has 38 heavy (non-hydrogen) atoms. The van der Waals surface area contributed by atoms with Gasteiger partial charge < -0.3 is 18.8 Å². The minimum Gasteiger partial charge on any atom is -0.501 e. The number of pyridine rings is 1. The molecule has 4 aromatic rings. The molecule has 0 bridgehead atoms. The predicted octanol–water partition coefficient (Wildman–Crippen LogP) is 6.81. The van der Waals surface area contributed by atoms with Crippen molar-refractivity contribution < 1.29 is 18.7 Å². The molecule has 1 aliphatic heterocycles. The minimum absolute atomic E-state index is 0.0152. The number of carbonyl (C=O) groups excluding carboxylic acids is 1. The van der Waals surface area contributed by atoms with Crippen LogP contribution >= 0.6 is 0 Å². The highest BCUT2D eigenvalue weighted by Crippen LogP contribution is 2.47. The number of amides is 1. The summed E-state index contributed by atoms with van der Waals surface area (Å²) in [6, 6.07) is 15.1. The maximum atomic E-state index is 12.4. The molecule has 2 aromatic heterocycles. The van der Waals surface area contributed by atoms with Gasteiger partial charge in [0.25, 0.3) is 5.91 Å². The van der Waals surface area contributed by atoms with Crippen molar-refractivity contribution in [3.05, 3.63) is 77.3 Å². The molecule has 6 rings (SSSR count). The molecular weight excluding hydrogens is 478 g/mol. The van der Waals surface area contributed by atoms with Gasteiger partial charge in [-0.3, -0.25) is 9.78 Å². The first kappa shape index (κ1) is 24.2. The van der Waals surface area contributed by atoms with Crippen LogP contribution in [0.5, 0.6) is 5.75 Å². The lowest BCUT2D eigenvalue weighted by Crippen LogP contribution is -2.34. The van der Waals surface area contributed by atoms with Crippen molar-refractivity contribution in [2.75, 3.05) is 20.7 Å². The van der Waals surface area contributed by atoms with E-state index in [4.69, 9.17) is 20.5 Å². The van der Waals surface area contributed by atoms with Crippen LogP contribution in [0.15, 0.2) is 59.1 Å². The smallest absolute Gasteiger partial charge is 0.253 e. The Balaban J connectivity index is 1.31. The van der Waals surface area contributed by atoms with E-state index in [9.17, 15) is 4.79 Å². The third-order valence-corrected chi connectivity index (χ3v) is 7.50. The number of hydrogen-bond donors (Lipinski definition) is 0. The molecule has 2 fully saturated rings. The van der Waals surface area contributed by atoms with Crippen molar-refractivity contribution >= 4 is 22.7 Å². The fourth-order valence-electron chi connectivity index (χ4n) is 5.25. The number of aromatic nitrogens is 1. The molecule has 1 spiro atoms. The standard InChI is InChI=1S/C31H29N3O4/c1-19-15-21(30(35)34(3)4)5-7-23(19)28-17-26-29(38-28)24(9-13-33-26)20-6-8-27(25(16-20)32-2)37-22-10-14-36-31(18-22)11-12-31/h5-9,13,15-17,22H,10-12,14,18H2,1,3-4H3. The minimum atomic E-state index is -0.0416. The monoisotopic (exact) mass is 507 g/mol. The van der Waals surface area contributed by atoms with Crippen LogP contribution in [0.4, 0.5) is 5.69 Å². The van der Waals surface area contributed by atoms with Crippen LogP contribution in [0.2, 0.25) is 0 Å². The van der Waals surface area contributed by atoms with Gasteiger partial charge >= 0.3 is 0 Å². The number of aryl methyl sites for hydroxylation is 1. The number of carbonyl (C=O) groups is 1. The van der Waals surface area contributed by atoms with Gasteiger partial charge in [-0.05, 0) is 61.2 Å². The van der Waals surface area contributed by atoms with Crippen molar-refractivity contribution in [1.82, 2.24) is 9.88 Å². The van der Waals surface area contributed by atoms with E-state index in [1.807, 2.05) is 55.5 Å². The Bertz CT molecular complexity index is 1590. The van der Waals surface area contributed by atoms with Crippen LogP contribution < -0.4 is 4.74 Å². The maximum absolute atomic E-state index is 12.4. The lowest BCUT2D eigenvalue weighted by atomic mass is 10.0. The Morgan fingerprint density at radius 2 is 1.97 bits per heavy atom. The first-order valence-corrected chi connectivity index (χ1v) is 12.9. The predicted molar refractivity (Wildman–Crippen MR) is 145 cm³/mol. The van der Waals surface area contributed by atoms with Gasteiger partial charge in [-0.1, -0.05) is 12.1 Å². The van der Waals surface area contributed by atoms with Crippen molar-refractivity contribution in [1.29, 1.82) is 0 Å². The zero-order valence-electron chi connectivity index (χ0n) is 21.8. The molecule has 7 heteroatoms. The van der Waals surface area contributed by atoms with E-state index in [-0.39, 0.29) is 17.6 Å². The van der Waals surface area contributed by atoms with Crippen molar-refractivity contribution in [3.63, 3.8) is 0 Å². The van der Waals surface area contributed by atoms with Crippen LogP contribution in [-0.4, -0.2) is 48.2 Å². The van der Waals surface area contributed by atoms with Crippen LogP contribution in [0, 0.1) is 13.5 Å². The van der Waals surface area contributed by atoms with Crippen molar-refractivity contribution in [2.24, 2.45) is 0 Å². The molecule has 2 aromatic carbocycles. The van der Waals surface area contributed by atoms with E-state index in [1.54, 1.807) is 25.2 Å². The number of ether oxygens (including phenoxy) is 2. The summed E-state index contributed by atoms with van der Waals surface area (Å²) in [5.74, 6) is 1.25. The average Bonchev–Trinajstić information content (AvgIpc) is 3.50. The summed E-state index contributed by atoms with van der Waals surface area (Å²) in [6.07, 6.45) is 5.74. The lowest BCUT2D eigenvalue weighted by molar-refractivity contribution is -0.0511. The second kappa shape index (κ2) is 9.30. The third kappa shape index (κ3) is 4.42. The van der Waals surface area contributed by atoms with E-state index in [0.29, 0.717) is 35.0 Å². The first-order valence-electron chi connectivity index (χ1n) is 12.9. The Morgan fingerprint density at radius 3 is 2.71 bits per heavy atom. The first-order chi connectivity index (χ1) is 18.4. The van der Waals surface area contributed by atoms with Crippen LogP contribution in [0.3, 0.4) is 0 Å². The Hall–Kier alpha value is -4.15. The van der Waals surface area contributed by atoms with Gasteiger partial charge in [0.15, 0.2) is 5.58 Å². The molecule has 0 radical (unpaired) electrons. The molecule has 1 saturated carbocycles. The molecule has 2 aliphatic rings. The highest BCUT2D eigenvalue weighted by molar-refractivity contribution is 5.96. The quantitative estimate of drug-likeness (QED) is 0.278. The van der Waals surface area contributed by atoms with Crippen LogP contribution in [-0.2, 0) is 4.74 Å². The second-order valence-corrected chi connectivity index (χ2v) is 10.5. The fourth-order valence-corrected chi connectivity index (χ4v) is 5.25. The normalized spacial score (nSPS) is 17.8. The maximum Gasteiger partial charge on any atom is 0.253 e. The molecule has 7 nitrogen and oxygen atoms in total. The fraction of sp³-hybridized carbons (Fsp3) is 0.323. The van der Waals surface area contributed by atoms with Crippen LogP contribution in [0.25, 0.3) is 38.4 Å². The van der Waals surface area contributed by atoms with Gasteiger partial charge in [-0.2, -0.15) is 0 Å². The zero-order chi connectivity index (χ0) is 26.4. The molecule has 3 heterocycles. The van der Waals surface area contributed by atoms with Crippen molar-refractivity contribution in [3.8, 4) is 28.2 Å². The highest BCUT2D eigenvalue weighted by Gasteiger charge is 2.48. The number of fused-ring (bicyclic) bond motifs is 1. The molecule has 0 N–H and O–H groups in total. The summed E-state index contributed by atoms with van der Waals surface area (Å²) in [5.41, 5.74) is 6.08. The SMILES string of the molecule is [C-]#[N+]c1cc(-c2ccnc3cc(-c4ccc(C(=O)N(C)C)cc4C)oc23)ccc1OC1CCOC2(CC2)C1. The number of nitrogens with zero attached hydrogens (tertiary/aromatic N) is 3. The van der Waals surface area contributed by atoms with E-state index in [0.717, 1.165) is 53.5 Å². The number of furan rings is 1. The Morgan fingerprint density at radius 1 is 1.13 bits per heavy atom. The number of rotatable bonds is 5. The molecular formula is C31H29N3O4. The molecule has 1 unspecified atom stereocenters. The molecule has 1 aliphatic carbocycles. The van der Waals surface area contributed by atoms with Gasteiger partial charge in [0, 0.05) is 55.9 Å². The zero-order valence-corrected chi connectivity index (χ0v) is 21.8. The summed E-state index contributed by atoms with van der Waals surface area (Å²) in [4.78, 5) is 22.2. The van der Waals surface area contributed by atoms with Crippen molar-refractivity contribution in [2.45, 2.75) is 44.3 Å². The molecule has 192 valence electrons. The average molecular weight is 508 g/mol. The Kier molecular flexibility index (Phi) is 5.93. The summed E-state index contributed by atoms with van der Waals surface area (Å²) in [5, 5.41) is 0. The highest BCUT2D eigenvalue weighted by atomic mass is 16.5. The third-order valence-electron chi connectivity index (χ3n) is 7.50. The van der Waals surface area contributed by atoms with Gasteiger partial charge in [-0.25, -0.2) is 4.85 Å². The largest absolute Gasteiger partial charge is 0.501 e. The number of hydrogen-bond acceptors (Lipinski definition) is 5. The second-order valence-electron chi connectivity index (χ2n) is 10.5. The van der Waals surface area contributed by atoms with E-state index < -0.39 is 0 Å². The van der Waals surface area contributed by atoms with Gasteiger partial charge in [0.05, 0.1) is 18.8 Å². The lowest BCUT2D eigenvalue weighted by Gasteiger charge is -2.30. The van der Waals surface area contributed by atoms with Gasteiger partial charge in [-0.15, -0.1) is 0 Å². The van der Waals surface area contributed by atoms with Gasteiger partial charge in [0.1, 0.15) is 23.1 Å². The van der Waals surface area contributed by atoms with Crippen LogP contribution in [0.1, 0.15) is 41.6 Å². The van der Waals surface area contributed by atoms with E-state index >= 15 is 0 Å². The van der Waals surface area contributed by atoms with E-state index in [1.165, 1.54) is 0 Å². The summed E-state index contributed by atoms with van der Waals surface area (Å²) >= 11 is 0. The van der Waals surface area contributed by atoms with Gasteiger partial charge in [0.2, 0.25) is 5.69 Å². The summed E-state index contributed by atoms with van der Waals surface area (Å²) in [6.45, 7) is 10.5. The Labute approximate surface area is 221 Å². The molecule has 1 amide bonds. The summed E-state index contributed by atoms with van der Waals surface area (Å²) < 4.78 is 18.5. The summed E-state index contributed by atoms with van der Waals surface area (Å²) in [7, 11) is 3.48. The topological polar surface area (TPSA) is 69.2 Å².